The Hall–Kier alpha value is -1.00. The average Bonchev–Trinajstić information content (AvgIpc) is 2.81. The van der Waals surface area contributed by atoms with Crippen LogP contribution in [0.2, 0.25) is 0 Å². The molecule has 2 rings (SSSR count). The van der Waals surface area contributed by atoms with Crippen LogP contribution >= 0.6 is 0 Å². The Kier molecular flexibility index (Phi) is 4.30. The molecule has 0 amide bonds. The molecular weight excluding hydrogens is 234 g/mol. The van der Waals surface area contributed by atoms with Crippen molar-refractivity contribution in [2.24, 2.45) is 5.73 Å². The maximum Gasteiger partial charge on any atom is 0.126 e. The van der Waals surface area contributed by atoms with Crippen molar-refractivity contribution in [1.82, 2.24) is 4.90 Å². The van der Waals surface area contributed by atoms with E-state index in [1.165, 1.54) is 25.0 Å². The Balaban J connectivity index is 2.20. The van der Waals surface area contributed by atoms with E-state index in [2.05, 4.69) is 4.90 Å². The highest BCUT2D eigenvalue weighted by Gasteiger charge is 2.26. The van der Waals surface area contributed by atoms with E-state index in [1.54, 1.807) is 0 Å². The molecule has 0 saturated heterocycles. The Morgan fingerprint density at radius 2 is 1.78 bits per heavy atom. The second kappa shape index (κ2) is 5.76. The van der Waals surface area contributed by atoms with Gasteiger partial charge in [0.25, 0.3) is 0 Å². The van der Waals surface area contributed by atoms with Crippen molar-refractivity contribution in [2.45, 2.75) is 37.8 Å². The number of hydrogen-bond donors (Lipinski definition) is 1. The van der Waals surface area contributed by atoms with E-state index in [1.807, 2.05) is 7.05 Å². The minimum Gasteiger partial charge on any atom is -0.329 e. The van der Waals surface area contributed by atoms with Gasteiger partial charge in [0.15, 0.2) is 0 Å². The van der Waals surface area contributed by atoms with Crippen molar-refractivity contribution in [3.8, 4) is 0 Å². The van der Waals surface area contributed by atoms with Crippen LogP contribution in [-0.4, -0.2) is 24.5 Å². The van der Waals surface area contributed by atoms with E-state index in [9.17, 15) is 8.78 Å². The van der Waals surface area contributed by atoms with Gasteiger partial charge in [0.05, 0.1) is 0 Å². The van der Waals surface area contributed by atoms with Gasteiger partial charge in [-0.05, 0) is 37.6 Å². The fourth-order valence-electron chi connectivity index (χ4n) is 2.87. The number of benzene rings is 1. The Morgan fingerprint density at radius 3 is 2.28 bits per heavy atom. The average molecular weight is 254 g/mol. The highest BCUT2D eigenvalue weighted by Crippen LogP contribution is 2.29. The van der Waals surface area contributed by atoms with Crippen LogP contribution in [0.3, 0.4) is 0 Å². The van der Waals surface area contributed by atoms with Gasteiger partial charge in [0.1, 0.15) is 11.6 Å². The summed E-state index contributed by atoms with van der Waals surface area (Å²) in [5.41, 5.74) is 6.42. The monoisotopic (exact) mass is 254 g/mol. The smallest absolute Gasteiger partial charge is 0.126 e. The molecule has 0 bridgehead atoms. The third-order valence-corrected chi connectivity index (χ3v) is 3.89. The van der Waals surface area contributed by atoms with Crippen molar-refractivity contribution in [2.75, 3.05) is 13.6 Å². The molecule has 1 unspecified atom stereocenters. The zero-order valence-corrected chi connectivity index (χ0v) is 10.7. The molecule has 1 aliphatic carbocycles. The van der Waals surface area contributed by atoms with Crippen LogP contribution < -0.4 is 5.73 Å². The molecule has 0 aromatic heterocycles. The first kappa shape index (κ1) is 13.4. The number of rotatable bonds is 4. The molecule has 1 fully saturated rings. The normalized spacial score (nSPS) is 18.5. The molecule has 0 spiro atoms. The lowest BCUT2D eigenvalue weighted by atomic mass is 10.0. The summed E-state index contributed by atoms with van der Waals surface area (Å²) in [4.78, 5) is 2.17. The van der Waals surface area contributed by atoms with E-state index >= 15 is 0 Å². The first-order valence-corrected chi connectivity index (χ1v) is 6.50. The number of nitrogens with zero attached hydrogens (tertiary/aromatic N) is 1. The standard InChI is InChI=1S/C14H20F2N2/c1-18(13-4-2-3-5-13)14(9-17)10-6-11(15)8-12(16)7-10/h6-8,13-14H,2-5,9,17H2,1H3. The molecule has 18 heavy (non-hydrogen) atoms. The zero-order valence-electron chi connectivity index (χ0n) is 10.7. The molecule has 1 saturated carbocycles. The third kappa shape index (κ3) is 2.87. The van der Waals surface area contributed by atoms with Gasteiger partial charge >= 0.3 is 0 Å². The second-order valence-electron chi connectivity index (χ2n) is 5.06. The summed E-state index contributed by atoms with van der Waals surface area (Å²) in [5.74, 6) is -1.08. The van der Waals surface area contributed by atoms with Gasteiger partial charge in [-0.15, -0.1) is 0 Å². The van der Waals surface area contributed by atoms with Crippen LogP contribution in [0.15, 0.2) is 18.2 Å². The van der Waals surface area contributed by atoms with Crippen LogP contribution in [0, 0.1) is 11.6 Å². The number of halogens is 2. The van der Waals surface area contributed by atoms with E-state index in [0.29, 0.717) is 18.2 Å². The van der Waals surface area contributed by atoms with Crippen LogP contribution in [0.1, 0.15) is 37.3 Å². The van der Waals surface area contributed by atoms with E-state index < -0.39 is 11.6 Å². The molecule has 4 heteroatoms. The lowest BCUT2D eigenvalue weighted by Gasteiger charge is -2.32. The zero-order chi connectivity index (χ0) is 13.1. The first-order chi connectivity index (χ1) is 8.61. The van der Waals surface area contributed by atoms with Crippen molar-refractivity contribution in [3.63, 3.8) is 0 Å². The molecule has 2 nitrogen and oxygen atoms in total. The largest absolute Gasteiger partial charge is 0.329 e. The highest BCUT2D eigenvalue weighted by molar-refractivity contribution is 5.22. The van der Waals surface area contributed by atoms with Crippen molar-refractivity contribution < 1.29 is 8.78 Å². The van der Waals surface area contributed by atoms with Gasteiger partial charge in [-0.3, -0.25) is 4.90 Å². The quantitative estimate of drug-likeness (QED) is 0.895. The second-order valence-corrected chi connectivity index (χ2v) is 5.06. The van der Waals surface area contributed by atoms with Crippen molar-refractivity contribution in [3.05, 3.63) is 35.4 Å². The molecule has 1 aliphatic rings. The Morgan fingerprint density at radius 1 is 1.22 bits per heavy atom. The van der Waals surface area contributed by atoms with Gasteiger partial charge in [-0.1, -0.05) is 12.8 Å². The summed E-state index contributed by atoms with van der Waals surface area (Å²) in [6.07, 6.45) is 4.74. The minimum atomic E-state index is -0.539. The molecule has 0 aliphatic heterocycles. The molecule has 1 aromatic carbocycles. The van der Waals surface area contributed by atoms with E-state index in [-0.39, 0.29) is 6.04 Å². The van der Waals surface area contributed by atoms with Crippen molar-refractivity contribution in [1.29, 1.82) is 0 Å². The summed E-state index contributed by atoms with van der Waals surface area (Å²) < 4.78 is 26.5. The number of likely N-dealkylation sites (N-methyl/N-ethyl adjacent to an activating group) is 1. The lowest BCUT2D eigenvalue weighted by Crippen LogP contribution is -2.37. The van der Waals surface area contributed by atoms with Gasteiger partial charge < -0.3 is 5.73 Å². The minimum absolute atomic E-state index is 0.113. The summed E-state index contributed by atoms with van der Waals surface area (Å²) in [7, 11) is 2.00. The van der Waals surface area contributed by atoms with Crippen LogP contribution in [0.25, 0.3) is 0 Å². The fraction of sp³-hybridized carbons (Fsp3) is 0.571. The van der Waals surface area contributed by atoms with E-state index in [0.717, 1.165) is 18.9 Å². The van der Waals surface area contributed by atoms with Gasteiger partial charge in [-0.25, -0.2) is 8.78 Å². The summed E-state index contributed by atoms with van der Waals surface area (Å²) >= 11 is 0. The van der Waals surface area contributed by atoms with Gasteiger partial charge in [-0.2, -0.15) is 0 Å². The van der Waals surface area contributed by atoms with Crippen LogP contribution in [0.4, 0.5) is 8.78 Å². The lowest BCUT2D eigenvalue weighted by molar-refractivity contribution is 0.179. The molecule has 1 atom stereocenters. The predicted octanol–water partition coefficient (Wildman–Crippen LogP) is 2.84. The summed E-state index contributed by atoms with van der Waals surface area (Å²) in [6, 6.07) is 4.02. The maximum absolute atomic E-state index is 13.3. The van der Waals surface area contributed by atoms with Crippen LogP contribution in [0.5, 0.6) is 0 Å². The molecule has 0 radical (unpaired) electrons. The SMILES string of the molecule is CN(C1CCCC1)C(CN)c1cc(F)cc(F)c1. The topological polar surface area (TPSA) is 29.3 Å². The summed E-state index contributed by atoms with van der Waals surface area (Å²) in [5, 5.41) is 0. The Bertz CT molecular complexity index is 383. The number of nitrogens with two attached hydrogens (primary N) is 1. The fourth-order valence-corrected chi connectivity index (χ4v) is 2.87. The molecular formula is C14H20F2N2. The first-order valence-electron chi connectivity index (χ1n) is 6.50. The highest BCUT2D eigenvalue weighted by atomic mass is 19.1. The van der Waals surface area contributed by atoms with Crippen LogP contribution in [-0.2, 0) is 0 Å². The molecule has 1 aromatic rings. The third-order valence-electron chi connectivity index (χ3n) is 3.89. The molecule has 2 N–H and O–H groups in total. The predicted molar refractivity (Wildman–Crippen MR) is 68.2 cm³/mol. The summed E-state index contributed by atoms with van der Waals surface area (Å²) in [6.45, 7) is 0.371. The van der Waals surface area contributed by atoms with Gasteiger partial charge in [0.2, 0.25) is 0 Å². The van der Waals surface area contributed by atoms with Gasteiger partial charge in [0, 0.05) is 24.7 Å². The van der Waals surface area contributed by atoms with E-state index in [4.69, 9.17) is 5.73 Å². The Labute approximate surface area is 107 Å². The van der Waals surface area contributed by atoms with Crippen molar-refractivity contribution >= 4 is 0 Å². The molecule has 100 valence electrons. The maximum atomic E-state index is 13.3. The molecule has 0 heterocycles. The number of hydrogen-bond acceptors (Lipinski definition) is 2.